The normalized spacial score (nSPS) is 14.3. The third-order valence-corrected chi connectivity index (χ3v) is 8.89. The van der Waals surface area contributed by atoms with Crippen molar-refractivity contribution in [3.63, 3.8) is 0 Å². The summed E-state index contributed by atoms with van der Waals surface area (Å²) in [5.74, 6) is -1.24. The first-order valence-corrected chi connectivity index (χ1v) is 12.0. The van der Waals surface area contributed by atoms with Crippen molar-refractivity contribution >= 4 is 19.7 Å². The van der Waals surface area contributed by atoms with Crippen molar-refractivity contribution in [2.75, 3.05) is 13.2 Å². The zero-order valence-corrected chi connectivity index (χ0v) is 17.4. The summed E-state index contributed by atoms with van der Waals surface area (Å²) in [7, 11) is -9.08. The number of nitrogens with zero attached hydrogens (tertiary/aromatic N) is 1. The Morgan fingerprint density at radius 2 is 1.19 bits per heavy atom. The number of halogens is 2. The van der Waals surface area contributed by atoms with E-state index in [-0.39, 0.29) is 11.1 Å². The fourth-order valence-electron chi connectivity index (χ4n) is 3.07. The molecule has 0 spiro atoms. The van der Waals surface area contributed by atoms with E-state index in [9.17, 15) is 35.8 Å². The lowest BCUT2D eigenvalue weighted by Crippen LogP contribution is -2.23. The zero-order chi connectivity index (χ0) is 22.8. The van der Waals surface area contributed by atoms with Gasteiger partial charge in [0.2, 0.25) is 19.7 Å². The molecule has 166 valence electrons. The highest BCUT2D eigenvalue weighted by Crippen LogP contribution is 2.35. The molecule has 3 N–H and O–H groups in total. The van der Waals surface area contributed by atoms with Crippen LogP contribution in [-0.4, -0.2) is 50.2 Å². The third kappa shape index (κ3) is 4.37. The molecule has 1 aromatic heterocycles. The van der Waals surface area contributed by atoms with Gasteiger partial charge in [0.1, 0.15) is 22.1 Å². The molecule has 0 aliphatic rings. The molecule has 8 nitrogen and oxygen atoms in total. The van der Waals surface area contributed by atoms with Crippen molar-refractivity contribution in [3.8, 4) is 0 Å². The van der Waals surface area contributed by atoms with Crippen molar-refractivity contribution < 1.29 is 35.8 Å². The number of aromatic amines is 1. The van der Waals surface area contributed by atoms with Gasteiger partial charge >= 0.3 is 0 Å². The molecule has 12 heteroatoms. The van der Waals surface area contributed by atoms with Gasteiger partial charge in [-0.15, -0.1) is 0 Å². The van der Waals surface area contributed by atoms with Gasteiger partial charge in [0.15, 0.2) is 10.1 Å². The molecule has 0 radical (unpaired) electrons. The Labute approximate surface area is 177 Å². The highest BCUT2D eigenvalue weighted by atomic mass is 32.2. The molecule has 0 aliphatic carbocycles. The van der Waals surface area contributed by atoms with E-state index < -0.39 is 65.1 Å². The number of aliphatic hydroxyl groups excluding tert-OH is 2. The van der Waals surface area contributed by atoms with Crippen LogP contribution in [0, 0.1) is 11.6 Å². The van der Waals surface area contributed by atoms with Gasteiger partial charge in [-0.05, 0) is 35.4 Å². The fraction of sp³-hybridized carbons (Fsp3) is 0.211. The Morgan fingerprint density at radius 3 is 1.61 bits per heavy atom. The summed E-state index contributed by atoms with van der Waals surface area (Å²) >= 11 is 0. The Morgan fingerprint density at radius 1 is 0.774 bits per heavy atom. The number of hydrogen-bond acceptors (Lipinski definition) is 7. The summed E-state index contributed by atoms with van der Waals surface area (Å²) in [6.45, 7) is -1.82. The molecular formula is C19H18F2N2O6S2. The lowest BCUT2D eigenvalue weighted by atomic mass is 10.1. The van der Waals surface area contributed by atoms with E-state index in [1.165, 1.54) is 0 Å². The van der Waals surface area contributed by atoms with Crippen molar-refractivity contribution in [2.24, 2.45) is 0 Å². The minimum atomic E-state index is -4.55. The van der Waals surface area contributed by atoms with Gasteiger partial charge in [0, 0.05) is 0 Å². The van der Waals surface area contributed by atoms with Gasteiger partial charge in [-0.3, -0.25) is 0 Å². The second-order valence-corrected chi connectivity index (χ2v) is 10.7. The average molecular weight is 472 g/mol. The van der Waals surface area contributed by atoms with E-state index in [0.717, 1.165) is 54.9 Å². The van der Waals surface area contributed by atoms with Crippen LogP contribution >= 0.6 is 0 Å². The molecule has 3 aromatic rings. The van der Waals surface area contributed by atoms with E-state index in [1.54, 1.807) is 0 Å². The average Bonchev–Trinajstić information content (AvgIpc) is 3.24. The molecule has 0 bridgehead atoms. The molecule has 0 aliphatic heterocycles. The van der Waals surface area contributed by atoms with Gasteiger partial charge < -0.3 is 15.2 Å². The molecule has 0 fully saturated rings. The predicted octanol–water partition coefficient (Wildman–Crippen LogP) is 1.70. The summed E-state index contributed by atoms with van der Waals surface area (Å²) in [5, 5.41) is 14.6. The number of hydrogen-bond donors (Lipinski definition) is 3. The van der Waals surface area contributed by atoms with Crippen molar-refractivity contribution in [2.45, 2.75) is 20.6 Å². The molecule has 2 aromatic carbocycles. The number of rotatable bonds is 8. The number of nitrogens with one attached hydrogen (secondary N) is 1. The molecular weight excluding hydrogens is 454 g/mol. The predicted molar refractivity (Wildman–Crippen MR) is 105 cm³/mol. The minimum absolute atomic E-state index is 0.0347. The number of sulfone groups is 2. The van der Waals surface area contributed by atoms with E-state index in [2.05, 4.69) is 9.97 Å². The number of imidazole rings is 1. The summed E-state index contributed by atoms with van der Waals surface area (Å²) in [6, 6.07) is 8.66. The quantitative estimate of drug-likeness (QED) is 0.454. The maximum absolute atomic E-state index is 13.2. The van der Waals surface area contributed by atoms with Crippen LogP contribution in [0.1, 0.15) is 21.6 Å². The standard InChI is InChI=1S/C19H18F2N2O6S2/c20-14-5-1-12(2-6-14)16(9-24)30(26,27)18-19(23-11-22-18)31(28,29)17(10-25)13-3-7-15(21)8-4-13/h1-8,11,16-17,24-25H,9-10H2,(H,22,23). The summed E-state index contributed by atoms with van der Waals surface area (Å²) < 4.78 is 79.1. The summed E-state index contributed by atoms with van der Waals surface area (Å²) in [4.78, 5) is 5.92. The van der Waals surface area contributed by atoms with Crippen LogP contribution in [0.4, 0.5) is 8.78 Å². The molecule has 31 heavy (non-hydrogen) atoms. The minimum Gasteiger partial charge on any atom is -0.395 e. The Kier molecular flexibility index (Phi) is 6.55. The molecule has 0 amide bonds. The van der Waals surface area contributed by atoms with Gasteiger partial charge in [-0.1, -0.05) is 24.3 Å². The number of aliphatic hydroxyl groups is 2. The third-order valence-electron chi connectivity index (χ3n) is 4.69. The topological polar surface area (TPSA) is 137 Å². The number of benzene rings is 2. The van der Waals surface area contributed by atoms with E-state index in [0.29, 0.717) is 0 Å². The van der Waals surface area contributed by atoms with Gasteiger partial charge in [0.05, 0.1) is 19.5 Å². The van der Waals surface area contributed by atoms with Crippen molar-refractivity contribution in [1.82, 2.24) is 9.97 Å². The molecule has 2 unspecified atom stereocenters. The van der Waals surface area contributed by atoms with Gasteiger partial charge in [-0.2, -0.15) is 0 Å². The van der Waals surface area contributed by atoms with Gasteiger partial charge in [-0.25, -0.2) is 30.6 Å². The van der Waals surface area contributed by atoms with Crippen LogP contribution in [0.3, 0.4) is 0 Å². The van der Waals surface area contributed by atoms with Crippen LogP contribution in [0.2, 0.25) is 0 Å². The molecule has 3 rings (SSSR count). The van der Waals surface area contributed by atoms with Gasteiger partial charge in [0.25, 0.3) is 0 Å². The van der Waals surface area contributed by atoms with Crippen LogP contribution in [0.5, 0.6) is 0 Å². The Balaban J connectivity index is 2.09. The Bertz CT molecular complexity index is 1160. The Hall–Kier alpha value is -2.67. The first kappa shape index (κ1) is 23.0. The number of H-pyrrole nitrogens is 1. The maximum Gasteiger partial charge on any atom is 0.207 e. The van der Waals surface area contributed by atoms with Crippen LogP contribution in [-0.2, 0) is 19.7 Å². The highest BCUT2D eigenvalue weighted by Gasteiger charge is 2.39. The summed E-state index contributed by atoms with van der Waals surface area (Å²) in [6.07, 6.45) is 0.859. The molecule has 1 heterocycles. The van der Waals surface area contributed by atoms with Crippen LogP contribution in [0.25, 0.3) is 0 Å². The zero-order valence-electron chi connectivity index (χ0n) is 15.8. The SMILES string of the molecule is O=S(=O)(c1nc[nH]c1S(=O)(=O)C(CO)c1ccc(F)cc1)C(CO)c1ccc(F)cc1. The van der Waals surface area contributed by atoms with E-state index >= 15 is 0 Å². The van der Waals surface area contributed by atoms with Crippen LogP contribution < -0.4 is 0 Å². The summed E-state index contributed by atoms with van der Waals surface area (Å²) in [5.41, 5.74) is 0.0755. The molecule has 0 saturated carbocycles. The first-order valence-electron chi connectivity index (χ1n) is 8.86. The molecule has 2 atom stereocenters. The largest absolute Gasteiger partial charge is 0.395 e. The second kappa shape index (κ2) is 8.83. The van der Waals surface area contributed by atoms with E-state index in [4.69, 9.17) is 0 Å². The lowest BCUT2D eigenvalue weighted by Gasteiger charge is -2.18. The maximum atomic E-state index is 13.2. The number of aromatic nitrogens is 2. The van der Waals surface area contributed by atoms with Crippen LogP contribution in [0.15, 0.2) is 64.9 Å². The van der Waals surface area contributed by atoms with E-state index in [1.807, 2.05) is 0 Å². The first-order chi connectivity index (χ1) is 14.6. The van der Waals surface area contributed by atoms with Crippen molar-refractivity contribution in [1.29, 1.82) is 0 Å². The van der Waals surface area contributed by atoms with Crippen molar-refractivity contribution in [3.05, 3.63) is 77.6 Å². The smallest absolute Gasteiger partial charge is 0.207 e. The molecule has 0 saturated heterocycles. The monoisotopic (exact) mass is 472 g/mol. The fourth-order valence-corrected chi connectivity index (χ4v) is 6.78. The second-order valence-electron chi connectivity index (χ2n) is 6.57. The highest BCUT2D eigenvalue weighted by molar-refractivity contribution is 7.94. The lowest BCUT2D eigenvalue weighted by molar-refractivity contribution is 0.290.